The number of carbonyl (C=O) groups is 1. The van der Waals surface area contributed by atoms with Crippen molar-refractivity contribution >= 4 is 5.91 Å². The number of amides is 1. The van der Waals surface area contributed by atoms with E-state index in [1.54, 1.807) is 27.1 Å². The Balaban J connectivity index is 2.60. The molecule has 1 aromatic carbocycles. The van der Waals surface area contributed by atoms with Gasteiger partial charge < -0.3 is 20.1 Å². The molecular weight excluding hydrogens is 263 g/mol. The standard InChI is InChI=1S/C14H21FN2O3/c1-10(14(18)17-4-5-19-3)20-13-7-11(9-16-2)6-12(15)8-13/h6-8,10,16H,4-5,9H2,1-3H3,(H,17,18). The maximum absolute atomic E-state index is 13.4. The number of hydrogen-bond acceptors (Lipinski definition) is 4. The van der Waals surface area contributed by atoms with Gasteiger partial charge in [0.2, 0.25) is 0 Å². The molecule has 5 nitrogen and oxygen atoms in total. The molecule has 1 atom stereocenters. The number of methoxy groups -OCH3 is 1. The fourth-order valence-corrected chi connectivity index (χ4v) is 1.67. The molecule has 0 bridgehead atoms. The van der Waals surface area contributed by atoms with E-state index in [2.05, 4.69) is 10.6 Å². The van der Waals surface area contributed by atoms with Crippen LogP contribution in [0.3, 0.4) is 0 Å². The Morgan fingerprint density at radius 2 is 2.15 bits per heavy atom. The van der Waals surface area contributed by atoms with E-state index in [0.717, 1.165) is 5.56 Å². The van der Waals surface area contributed by atoms with Crippen molar-refractivity contribution in [3.63, 3.8) is 0 Å². The third-order valence-corrected chi connectivity index (χ3v) is 2.60. The van der Waals surface area contributed by atoms with E-state index in [9.17, 15) is 9.18 Å². The van der Waals surface area contributed by atoms with Crippen molar-refractivity contribution in [1.29, 1.82) is 0 Å². The second-order valence-corrected chi connectivity index (χ2v) is 4.37. The van der Waals surface area contributed by atoms with Gasteiger partial charge >= 0.3 is 0 Å². The summed E-state index contributed by atoms with van der Waals surface area (Å²) in [6, 6.07) is 4.39. The zero-order chi connectivity index (χ0) is 15.0. The Hall–Kier alpha value is -1.66. The molecule has 1 unspecified atom stereocenters. The number of carbonyl (C=O) groups excluding carboxylic acids is 1. The molecule has 20 heavy (non-hydrogen) atoms. The number of halogens is 1. The van der Waals surface area contributed by atoms with Crippen LogP contribution in [-0.4, -0.2) is 39.3 Å². The van der Waals surface area contributed by atoms with Gasteiger partial charge in [-0.1, -0.05) is 0 Å². The van der Waals surface area contributed by atoms with Gasteiger partial charge in [0.1, 0.15) is 11.6 Å². The highest BCUT2D eigenvalue weighted by atomic mass is 19.1. The molecule has 2 N–H and O–H groups in total. The summed E-state index contributed by atoms with van der Waals surface area (Å²) in [5, 5.41) is 5.60. The van der Waals surface area contributed by atoms with E-state index < -0.39 is 6.10 Å². The molecule has 0 heterocycles. The second kappa shape index (κ2) is 8.50. The largest absolute Gasteiger partial charge is 0.481 e. The minimum atomic E-state index is -0.698. The summed E-state index contributed by atoms with van der Waals surface area (Å²) in [4.78, 5) is 11.7. The quantitative estimate of drug-likeness (QED) is 0.701. The lowest BCUT2D eigenvalue weighted by Crippen LogP contribution is -2.37. The molecule has 1 amide bonds. The first-order chi connectivity index (χ1) is 9.56. The summed E-state index contributed by atoms with van der Waals surface area (Å²) < 4.78 is 23.7. The van der Waals surface area contributed by atoms with Crippen LogP contribution in [0.1, 0.15) is 12.5 Å². The Bertz CT molecular complexity index is 440. The zero-order valence-corrected chi connectivity index (χ0v) is 12.0. The number of nitrogens with one attached hydrogen (secondary N) is 2. The van der Waals surface area contributed by atoms with Crippen molar-refractivity contribution in [2.75, 3.05) is 27.3 Å². The van der Waals surface area contributed by atoms with Gasteiger partial charge in [0.05, 0.1) is 6.61 Å². The Morgan fingerprint density at radius 1 is 1.40 bits per heavy atom. The van der Waals surface area contributed by atoms with Crippen molar-refractivity contribution in [2.45, 2.75) is 19.6 Å². The van der Waals surface area contributed by atoms with Crippen LogP contribution in [0.15, 0.2) is 18.2 Å². The topological polar surface area (TPSA) is 59.6 Å². The van der Waals surface area contributed by atoms with Crippen LogP contribution < -0.4 is 15.4 Å². The molecule has 0 fully saturated rings. The van der Waals surface area contributed by atoms with Crippen LogP contribution in [0.4, 0.5) is 4.39 Å². The second-order valence-electron chi connectivity index (χ2n) is 4.37. The third kappa shape index (κ3) is 5.54. The predicted molar refractivity (Wildman–Crippen MR) is 74.1 cm³/mol. The summed E-state index contributed by atoms with van der Waals surface area (Å²) in [7, 11) is 3.33. The first kappa shape index (κ1) is 16.4. The van der Waals surface area contributed by atoms with Gasteiger partial charge in [-0.05, 0) is 31.7 Å². The minimum absolute atomic E-state index is 0.263. The summed E-state index contributed by atoms with van der Waals surface area (Å²) in [5.74, 6) is -0.314. The van der Waals surface area contributed by atoms with Crippen molar-refractivity contribution in [1.82, 2.24) is 10.6 Å². The third-order valence-electron chi connectivity index (χ3n) is 2.60. The molecule has 112 valence electrons. The summed E-state index contributed by atoms with van der Waals surface area (Å²) in [6.07, 6.45) is -0.698. The highest BCUT2D eigenvalue weighted by Crippen LogP contribution is 2.17. The Kier molecular flexibility index (Phi) is 6.97. The number of ether oxygens (including phenoxy) is 2. The maximum Gasteiger partial charge on any atom is 0.260 e. The molecule has 0 saturated carbocycles. The molecule has 6 heteroatoms. The first-order valence-corrected chi connectivity index (χ1v) is 6.44. The van der Waals surface area contributed by atoms with Crippen molar-refractivity contribution in [2.24, 2.45) is 0 Å². The lowest BCUT2D eigenvalue weighted by atomic mass is 10.2. The van der Waals surface area contributed by atoms with Crippen LogP contribution in [0.2, 0.25) is 0 Å². The molecule has 0 radical (unpaired) electrons. The molecular formula is C14H21FN2O3. The highest BCUT2D eigenvalue weighted by molar-refractivity contribution is 5.80. The summed E-state index contributed by atoms with van der Waals surface area (Å²) >= 11 is 0. The predicted octanol–water partition coefficient (Wildman–Crippen LogP) is 1.07. The number of hydrogen-bond donors (Lipinski definition) is 2. The smallest absolute Gasteiger partial charge is 0.260 e. The van der Waals surface area contributed by atoms with Crippen LogP contribution in [0.25, 0.3) is 0 Å². The van der Waals surface area contributed by atoms with Crippen LogP contribution in [0.5, 0.6) is 5.75 Å². The normalized spacial score (nSPS) is 12.0. The van der Waals surface area contributed by atoms with Gasteiger partial charge in [-0.25, -0.2) is 4.39 Å². The first-order valence-electron chi connectivity index (χ1n) is 6.44. The summed E-state index contributed by atoms with van der Waals surface area (Å²) in [5.41, 5.74) is 0.759. The van der Waals surface area contributed by atoms with Crippen molar-refractivity contribution in [3.05, 3.63) is 29.6 Å². The van der Waals surface area contributed by atoms with E-state index in [-0.39, 0.29) is 11.7 Å². The molecule has 1 aromatic rings. The SMILES string of the molecule is CNCc1cc(F)cc(OC(C)C(=O)NCCOC)c1. The van der Waals surface area contributed by atoms with Gasteiger partial charge in [0.25, 0.3) is 5.91 Å². The lowest BCUT2D eigenvalue weighted by Gasteiger charge is -2.15. The van der Waals surface area contributed by atoms with Gasteiger partial charge in [-0.2, -0.15) is 0 Å². The average molecular weight is 284 g/mol. The van der Waals surface area contributed by atoms with E-state index in [1.807, 2.05) is 0 Å². The van der Waals surface area contributed by atoms with Crippen molar-refractivity contribution in [3.8, 4) is 5.75 Å². The van der Waals surface area contributed by atoms with Gasteiger partial charge in [0, 0.05) is 26.3 Å². The van der Waals surface area contributed by atoms with E-state index in [4.69, 9.17) is 9.47 Å². The summed E-state index contributed by atoms with van der Waals surface area (Å²) in [6.45, 7) is 3.00. The average Bonchev–Trinajstić information content (AvgIpc) is 2.38. The van der Waals surface area contributed by atoms with Crippen molar-refractivity contribution < 1.29 is 18.7 Å². The molecule has 0 aliphatic carbocycles. The molecule has 0 aliphatic rings. The Labute approximate surface area is 118 Å². The highest BCUT2D eigenvalue weighted by Gasteiger charge is 2.14. The fraction of sp³-hybridized carbons (Fsp3) is 0.500. The zero-order valence-electron chi connectivity index (χ0n) is 12.0. The van der Waals surface area contributed by atoms with E-state index in [0.29, 0.717) is 25.4 Å². The Morgan fingerprint density at radius 3 is 2.80 bits per heavy atom. The van der Waals surface area contributed by atoms with Gasteiger partial charge in [-0.15, -0.1) is 0 Å². The lowest BCUT2D eigenvalue weighted by molar-refractivity contribution is -0.127. The van der Waals surface area contributed by atoms with Gasteiger partial charge in [0.15, 0.2) is 6.10 Å². The van der Waals surface area contributed by atoms with E-state index in [1.165, 1.54) is 12.1 Å². The maximum atomic E-state index is 13.4. The monoisotopic (exact) mass is 284 g/mol. The number of rotatable bonds is 8. The number of benzene rings is 1. The van der Waals surface area contributed by atoms with Crippen LogP contribution in [0, 0.1) is 5.82 Å². The molecule has 0 aliphatic heterocycles. The van der Waals surface area contributed by atoms with E-state index >= 15 is 0 Å². The molecule has 0 saturated heterocycles. The van der Waals surface area contributed by atoms with Gasteiger partial charge in [-0.3, -0.25) is 4.79 Å². The molecule has 0 spiro atoms. The fourth-order valence-electron chi connectivity index (χ4n) is 1.67. The minimum Gasteiger partial charge on any atom is -0.481 e. The molecule has 0 aromatic heterocycles. The van der Waals surface area contributed by atoms with Crippen LogP contribution >= 0.6 is 0 Å². The molecule has 1 rings (SSSR count). The van der Waals surface area contributed by atoms with Crippen LogP contribution in [-0.2, 0) is 16.1 Å².